The van der Waals surface area contributed by atoms with Crippen LogP contribution in [0.2, 0.25) is 5.02 Å². The van der Waals surface area contributed by atoms with Gasteiger partial charge in [0.2, 0.25) is 0 Å². The first-order valence-electron chi connectivity index (χ1n) is 4.48. The second-order valence-corrected chi connectivity index (χ2v) is 3.56. The lowest BCUT2D eigenvalue weighted by molar-refractivity contribution is -0.385. The van der Waals surface area contributed by atoms with E-state index in [2.05, 4.69) is 4.74 Å². The quantitative estimate of drug-likeness (QED) is 0.355. The van der Waals surface area contributed by atoms with Crippen LogP contribution in [0.5, 0.6) is 0 Å². The number of rotatable bonds is 4. The third-order valence-electron chi connectivity index (χ3n) is 2.10. The molecule has 0 N–H and O–H groups in total. The van der Waals surface area contributed by atoms with Gasteiger partial charge in [-0.2, -0.15) is 0 Å². The summed E-state index contributed by atoms with van der Waals surface area (Å²) in [7, 11) is 1.16. The zero-order valence-electron chi connectivity index (χ0n) is 8.81. The molecule has 6 nitrogen and oxygen atoms in total. The van der Waals surface area contributed by atoms with E-state index in [0.717, 1.165) is 13.2 Å². The number of hydrogen-bond acceptors (Lipinski definition) is 5. The molecule has 90 valence electrons. The van der Waals surface area contributed by atoms with Crippen LogP contribution in [0.15, 0.2) is 12.1 Å². The summed E-state index contributed by atoms with van der Waals surface area (Å²) in [5.74, 6) is -0.668. The summed E-state index contributed by atoms with van der Waals surface area (Å²) in [5, 5.41) is 10.9. The molecule has 1 aromatic carbocycles. The molecular formula is C10H8ClNO5. The lowest BCUT2D eigenvalue weighted by Gasteiger charge is -2.05. The molecule has 1 rings (SSSR count). The van der Waals surface area contributed by atoms with Crippen LogP contribution in [0.4, 0.5) is 5.69 Å². The minimum absolute atomic E-state index is 0.00116. The Labute approximate surface area is 101 Å². The van der Waals surface area contributed by atoms with Crippen LogP contribution < -0.4 is 0 Å². The molecule has 0 unspecified atom stereocenters. The number of nitro benzene ring substituents is 1. The molecule has 0 aromatic heterocycles. The van der Waals surface area contributed by atoms with Gasteiger partial charge in [-0.3, -0.25) is 19.7 Å². The number of esters is 1. The van der Waals surface area contributed by atoms with Gasteiger partial charge >= 0.3 is 5.97 Å². The molecule has 0 heterocycles. The van der Waals surface area contributed by atoms with Crippen LogP contribution >= 0.6 is 11.6 Å². The predicted octanol–water partition coefficient (Wildman–Crippen LogP) is 1.78. The van der Waals surface area contributed by atoms with Crippen molar-refractivity contribution in [3.63, 3.8) is 0 Å². The van der Waals surface area contributed by atoms with Gasteiger partial charge in [-0.1, -0.05) is 11.6 Å². The van der Waals surface area contributed by atoms with Crippen molar-refractivity contribution in [3.05, 3.63) is 38.4 Å². The Bertz CT molecular complexity index is 486. The molecule has 0 atom stereocenters. The van der Waals surface area contributed by atoms with E-state index in [9.17, 15) is 19.7 Å². The van der Waals surface area contributed by atoms with Crippen molar-refractivity contribution in [1.82, 2.24) is 0 Å². The molecule has 0 bridgehead atoms. The van der Waals surface area contributed by atoms with Crippen LogP contribution in [0, 0.1) is 10.1 Å². The zero-order valence-corrected chi connectivity index (χ0v) is 9.56. The Morgan fingerprint density at radius 2 is 2.24 bits per heavy atom. The zero-order chi connectivity index (χ0) is 13.0. The molecule has 0 fully saturated rings. The SMILES string of the molecule is COC(=O)Cc1c(C=O)cc(Cl)cc1[N+](=O)[O-]. The number of benzene rings is 1. The van der Waals surface area contributed by atoms with Crippen molar-refractivity contribution < 1.29 is 19.2 Å². The predicted molar refractivity (Wildman–Crippen MR) is 59.2 cm³/mol. The van der Waals surface area contributed by atoms with Gasteiger partial charge in [-0.25, -0.2) is 0 Å². The topological polar surface area (TPSA) is 86.5 Å². The summed E-state index contributed by atoms with van der Waals surface area (Å²) in [4.78, 5) is 32.0. The summed E-state index contributed by atoms with van der Waals surface area (Å²) in [6, 6.07) is 2.35. The summed E-state index contributed by atoms with van der Waals surface area (Å²) >= 11 is 5.64. The number of methoxy groups -OCH3 is 1. The van der Waals surface area contributed by atoms with Crippen molar-refractivity contribution in [2.24, 2.45) is 0 Å². The fourth-order valence-electron chi connectivity index (χ4n) is 1.32. The Kier molecular flexibility index (Phi) is 4.17. The standard InChI is InChI=1S/C10H8ClNO5/c1-17-10(14)4-8-6(5-13)2-7(11)3-9(8)12(15)16/h2-3,5H,4H2,1H3. The highest BCUT2D eigenvalue weighted by molar-refractivity contribution is 6.31. The van der Waals surface area contributed by atoms with Gasteiger partial charge in [0.15, 0.2) is 6.29 Å². The van der Waals surface area contributed by atoms with Crippen LogP contribution in [0.3, 0.4) is 0 Å². The normalized spacial score (nSPS) is 9.76. The van der Waals surface area contributed by atoms with Crippen LogP contribution in [0.1, 0.15) is 15.9 Å². The number of carbonyl (C=O) groups excluding carboxylic acids is 2. The molecule has 0 aliphatic rings. The number of carbonyl (C=O) groups is 2. The molecule has 17 heavy (non-hydrogen) atoms. The second kappa shape index (κ2) is 5.40. The maximum absolute atomic E-state index is 11.1. The summed E-state index contributed by atoms with van der Waals surface area (Å²) < 4.78 is 4.41. The number of halogens is 1. The van der Waals surface area contributed by atoms with Crippen LogP contribution in [0.25, 0.3) is 0 Å². The molecule has 1 aromatic rings. The smallest absolute Gasteiger partial charge is 0.310 e. The lowest BCUT2D eigenvalue weighted by Crippen LogP contribution is -2.09. The molecule has 0 spiro atoms. The molecule has 0 aliphatic heterocycles. The minimum Gasteiger partial charge on any atom is -0.469 e. The fourth-order valence-corrected chi connectivity index (χ4v) is 1.54. The van der Waals surface area contributed by atoms with Gasteiger partial charge in [0.1, 0.15) is 0 Å². The Morgan fingerprint density at radius 3 is 2.71 bits per heavy atom. The molecule has 0 saturated heterocycles. The number of ether oxygens (including phenoxy) is 1. The van der Waals surface area contributed by atoms with Crippen molar-refractivity contribution in [3.8, 4) is 0 Å². The number of aldehydes is 1. The summed E-state index contributed by atoms with van der Waals surface area (Å²) in [5.41, 5.74) is -0.360. The van der Waals surface area contributed by atoms with Gasteiger partial charge < -0.3 is 4.74 Å². The van der Waals surface area contributed by atoms with Crippen molar-refractivity contribution in [1.29, 1.82) is 0 Å². The van der Waals surface area contributed by atoms with E-state index in [1.807, 2.05) is 0 Å². The molecule has 0 saturated carbocycles. The second-order valence-electron chi connectivity index (χ2n) is 3.12. The van der Waals surface area contributed by atoms with E-state index >= 15 is 0 Å². The number of nitrogens with zero attached hydrogens (tertiary/aromatic N) is 1. The first kappa shape index (κ1) is 13.1. The highest BCUT2D eigenvalue weighted by Gasteiger charge is 2.21. The van der Waals surface area contributed by atoms with Gasteiger partial charge in [-0.15, -0.1) is 0 Å². The van der Waals surface area contributed by atoms with E-state index in [0.29, 0.717) is 6.29 Å². The average Bonchev–Trinajstić information content (AvgIpc) is 2.30. The minimum atomic E-state index is -0.697. The van der Waals surface area contributed by atoms with E-state index < -0.39 is 10.9 Å². The van der Waals surface area contributed by atoms with Gasteiger partial charge in [0.05, 0.1) is 24.0 Å². The van der Waals surface area contributed by atoms with Crippen molar-refractivity contribution >= 4 is 29.5 Å². The first-order chi connectivity index (χ1) is 7.99. The largest absolute Gasteiger partial charge is 0.469 e. The van der Waals surface area contributed by atoms with Crippen molar-refractivity contribution in [2.75, 3.05) is 7.11 Å². The molecule has 0 amide bonds. The monoisotopic (exact) mass is 257 g/mol. The van der Waals surface area contributed by atoms with E-state index in [1.165, 1.54) is 6.07 Å². The van der Waals surface area contributed by atoms with Crippen LogP contribution in [-0.4, -0.2) is 24.3 Å². The third kappa shape index (κ3) is 3.01. The molecule has 7 heteroatoms. The number of hydrogen-bond donors (Lipinski definition) is 0. The van der Waals surface area contributed by atoms with Gasteiger partial charge in [0.25, 0.3) is 5.69 Å². The first-order valence-corrected chi connectivity index (χ1v) is 4.86. The van der Waals surface area contributed by atoms with Gasteiger partial charge in [0, 0.05) is 16.7 Å². The molecular weight excluding hydrogens is 250 g/mol. The van der Waals surface area contributed by atoms with E-state index in [-0.39, 0.29) is 28.3 Å². The highest BCUT2D eigenvalue weighted by Crippen LogP contribution is 2.27. The fraction of sp³-hybridized carbons (Fsp3) is 0.200. The maximum Gasteiger partial charge on any atom is 0.310 e. The number of nitro groups is 1. The van der Waals surface area contributed by atoms with E-state index in [4.69, 9.17) is 11.6 Å². The van der Waals surface area contributed by atoms with Crippen molar-refractivity contribution in [2.45, 2.75) is 6.42 Å². The Balaban J connectivity index is 3.36. The van der Waals surface area contributed by atoms with Crippen LogP contribution in [-0.2, 0) is 16.0 Å². The van der Waals surface area contributed by atoms with Gasteiger partial charge in [-0.05, 0) is 6.07 Å². The highest BCUT2D eigenvalue weighted by atomic mass is 35.5. The Morgan fingerprint density at radius 1 is 1.59 bits per heavy atom. The molecule has 0 radical (unpaired) electrons. The summed E-state index contributed by atoms with van der Waals surface area (Å²) in [6.07, 6.45) is 0.0647. The van der Waals surface area contributed by atoms with E-state index in [1.54, 1.807) is 0 Å². The average molecular weight is 258 g/mol. The summed E-state index contributed by atoms with van der Waals surface area (Å²) in [6.45, 7) is 0. The molecule has 0 aliphatic carbocycles. The maximum atomic E-state index is 11.1. The third-order valence-corrected chi connectivity index (χ3v) is 2.32. The Hall–Kier alpha value is -1.95. The lowest BCUT2D eigenvalue weighted by atomic mass is 10.0.